The summed E-state index contributed by atoms with van der Waals surface area (Å²) < 4.78 is 0. The van der Waals surface area contributed by atoms with Gasteiger partial charge >= 0.3 is 0 Å². The van der Waals surface area contributed by atoms with E-state index in [4.69, 9.17) is 0 Å². The van der Waals surface area contributed by atoms with E-state index in [9.17, 15) is 5.11 Å². The van der Waals surface area contributed by atoms with Crippen LogP contribution in [0.5, 0.6) is 0 Å². The molecule has 2 saturated carbocycles. The largest absolute Gasteiger partial charge is 0.393 e. The van der Waals surface area contributed by atoms with Gasteiger partial charge in [-0.05, 0) is 44.4 Å². The molecule has 110 valence electrons. The average molecular weight is 266 g/mol. The Morgan fingerprint density at radius 2 is 1.84 bits per heavy atom. The molecule has 19 heavy (non-hydrogen) atoms. The monoisotopic (exact) mass is 266 g/mol. The Hall–Kier alpha value is -0.120. The van der Waals surface area contributed by atoms with Crippen LogP contribution in [0.2, 0.25) is 0 Å². The van der Waals surface area contributed by atoms with E-state index in [2.05, 4.69) is 17.1 Å². The highest BCUT2D eigenvalue weighted by Gasteiger charge is 2.38. The first kappa shape index (κ1) is 13.8. The van der Waals surface area contributed by atoms with Gasteiger partial charge in [-0.3, -0.25) is 4.90 Å². The van der Waals surface area contributed by atoms with E-state index in [0.29, 0.717) is 12.0 Å². The minimum atomic E-state index is -0.102. The van der Waals surface area contributed by atoms with E-state index in [0.717, 1.165) is 25.0 Å². The predicted molar refractivity (Wildman–Crippen MR) is 78.2 cm³/mol. The lowest BCUT2D eigenvalue weighted by atomic mass is 9.88. The van der Waals surface area contributed by atoms with E-state index >= 15 is 0 Å². The van der Waals surface area contributed by atoms with E-state index in [1.807, 2.05) is 0 Å². The van der Waals surface area contributed by atoms with Crippen LogP contribution in [-0.2, 0) is 0 Å². The Morgan fingerprint density at radius 3 is 2.47 bits per heavy atom. The summed E-state index contributed by atoms with van der Waals surface area (Å²) in [5.74, 6) is 0.484. The molecule has 3 aliphatic rings. The molecule has 0 radical (unpaired) electrons. The van der Waals surface area contributed by atoms with Gasteiger partial charge in [0.1, 0.15) is 0 Å². The quantitative estimate of drug-likeness (QED) is 0.800. The molecule has 1 aliphatic heterocycles. The van der Waals surface area contributed by atoms with Crippen LogP contribution >= 0.6 is 0 Å². The summed E-state index contributed by atoms with van der Waals surface area (Å²) in [6, 6.07) is 2.20. The van der Waals surface area contributed by atoms with E-state index in [1.54, 1.807) is 0 Å². The van der Waals surface area contributed by atoms with Crippen LogP contribution < -0.4 is 5.32 Å². The molecule has 1 saturated heterocycles. The average Bonchev–Trinajstić information content (AvgIpc) is 3.17. The van der Waals surface area contributed by atoms with Crippen molar-refractivity contribution < 1.29 is 5.11 Å². The van der Waals surface area contributed by atoms with Gasteiger partial charge in [-0.15, -0.1) is 0 Å². The number of hydrogen-bond acceptors (Lipinski definition) is 3. The fraction of sp³-hybridized carbons (Fsp3) is 1.00. The Morgan fingerprint density at radius 1 is 1.11 bits per heavy atom. The van der Waals surface area contributed by atoms with Crippen LogP contribution in [0.15, 0.2) is 0 Å². The van der Waals surface area contributed by atoms with Gasteiger partial charge in [0.2, 0.25) is 0 Å². The van der Waals surface area contributed by atoms with Crippen LogP contribution in [-0.4, -0.2) is 47.3 Å². The molecule has 2 aliphatic carbocycles. The highest BCUT2D eigenvalue weighted by Crippen LogP contribution is 2.33. The van der Waals surface area contributed by atoms with Crippen molar-refractivity contribution in [2.24, 2.45) is 5.92 Å². The van der Waals surface area contributed by atoms with E-state index < -0.39 is 0 Å². The zero-order chi connectivity index (χ0) is 13.2. The maximum atomic E-state index is 10.2. The van der Waals surface area contributed by atoms with E-state index in [1.165, 1.54) is 51.5 Å². The summed E-state index contributed by atoms with van der Waals surface area (Å²) >= 11 is 0. The summed E-state index contributed by atoms with van der Waals surface area (Å²) in [5.41, 5.74) is 0. The molecule has 0 aromatic heterocycles. The third-order valence-corrected chi connectivity index (χ3v) is 5.36. The molecule has 0 aromatic carbocycles. The van der Waals surface area contributed by atoms with Crippen molar-refractivity contribution in [1.82, 2.24) is 10.2 Å². The van der Waals surface area contributed by atoms with Gasteiger partial charge in [-0.2, -0.15) is 0 Å². The lowest BCUT2D eigenvalue weighted by molar-refractivity contribution is 0.0307. The number of aliphatic hydroxyl groups excluding tert-OH is 1. The Labute approximate surface area is 117 Å². The highest BCUT2D eigenvalue weighted by atomic mass is 16.3. The Balaban J connectivity index is 1.58. The maximum Gasteiger partial charge on any atom is 0.0578 e. The summed E-state index contributed by atoms with van der Waals surface area (Å²) in [6.45, 7) is 4.46. The molecular weight excluding hydrogens is 236 g/mol. The van der Waals surface area contributed by atoms with Crippen molar-refractivity contribution in [2.75, 3.05) is 13.1 Å². The van der Waals surface area contributed by atoms with Gasteiger partial charge in [0.15, 0.2) is 0 Å². The minimum absolute atomic E-state index is 0.102. The van der Waals surface area contributed by atoms with Gasteiger partial charge in [-0.25, -0.2) is 0 Å². The van der Waals surface area contributed by atoms with Crippen LogP contribution in [0.25, 0.3) is 0 Å². The van der Waals surface area contributed by atoms with Crippen LogP contribution in [0.4, 0.5) is 0 Å². The smallest absolute Gasteiger partial charge is 0.0578 e. The lowest BCUT2D eigenvalue weighted by Crippen LogP contribution is -2.54. The third kappa shape index (κ3) is 3.50. The Kier molecular flexibility index (Phi) is 4.45. The fourth-order valence-corrected chi connectivity index (χ4v) is 4.07. The normalized spacial score (nSPS) is 35.7. The van der Waals surface area contributed by atoms with Crippen LogP contribution in [0.1, 0.15) is 58.3 Å². The molecule has 2 N–H and O–H groups in total. The van der Waals surface area contributed by atoms with Crippen molar-refractivity contribution in [1.29, 1.82) is 0 Å². The third-order valence-electron chi connectivity index (χ3n) is 5.36. The number of likely N-dealkylation sites (tertiary alicyclic amines) is 1. The molecule has 0 bridgehead atoms. The molecule has 0 spiro atoms. The zero-order valence-corrected chi connectivity index (χ0v) is 12.4. The second-order valence-corrected chi connectivity index (χ2v) is 7.00. The number of hydrogen-bond donors (Lipinski definition) is 2. The molecule has 3 heteroatoms. The van der Waals surface area contributed by atoms with Crippen molar-refractivity contribution >= 4 is 0 Å². The second-order valence-electron chi connectivity index (χ2n) is 7.00. The van der Waals surface area contributed by atoms with E-state index in [-0.39, 0.29) is 6.10 Å². The zero-order valence-electron chi connectivity index (χ0n) is 12.4. The summed E-state index contributed by atoms with van der Waals surface area (Å²) in [7, 11) is 0. The summed E-state index contributed by atoms with van der Waals surface area (Å²) in [4.78, 5) is 2.65. The van der Waals surface area contributed by atoms with Crippen molar-refractivity contribution in [3.63, 3.8) is 0 Å². The van der Waals surface area contributed by atoms with Crippen LogP contribution in [0, 0.1) is 5.92 Å². The van der Waals surface area contributed by atoms with Gasteiger partial charge in [0.05, 0.1) is 6.10 Å². The molecule has 3 fully saturated rings. The number of rotatable bonds is 5. The number of piperidine rings is 1. The van der Waals surface area contributed by atoms with Gasteiger partial charge in [0.25, 0.3) is 0 Å². The molecule has 3 unspecified atom stereocenters. The predicted octanol–water partition coefficient (Wildman–Crippen LogP) is 2.14. The first-order valence-corrected chi connectivity index (χ1v) is 8.44. The van der Waals surface area contributed by atoms with Crippen LogP contribution in [0.3, 0.4) is 0 Å². The maximum absolute atomic E-state index is 10.2. The molecule has 3 atom stereocenters. The molecule has 1 heterocycles. The van der Waals surface area contributed by atoms with Crippen molar-refractivity contribution in [3.8, 4) is 0 Å². The topological polar surface area (TPSA) is 35.5 Å². The summed E-state index contributed by atoms with van der Waals surface area (Å²) in [6.07, 6.45) is 10.3. The number of nitrogens with zero attached hydrogens (tertiary/aromatic N) is 1. The first-order valence-electron chi connectivity index (χ1n) is 8.44. The molecular formula is C16H30N2O. The van der Waals surface area contributed by atoms with Gasteiger partial charge in [-0.1, -0.05) is 19.8 Å². The highest BCUT2D eigenvalue weighted by molar-refractivity contribution is 4.95. The van der Waals surface area contributed by atoms with Crippen molar-refractivity contribution in [3.05, 3.63) is 0 Å². The molecule has 3 nitrogen and oxygen atoms in total. The fourth-order valence-electron chi connectivity index (χ4n) is 4.07. The number of nitrogens with one attached hydrogen (secondary N) is 1. The SMILES string of the molecule is CCC(O)C1CC(NC2CCCC2)CN(C2CC2)C1. The lowest BCUT2D eigenvalue weighted by Gasteiger charge is -2.41. The molecule has 0 aromatic rings. The molecule has 3 rings (SSSR count). The van der Waals surface area contributed by atoms with Gasteiger partial charge in [0, 0.05) is 31.2 Å². The first-order chi connectivity index (χ1) is 9.26. The standard InChI is InChI=1S/C16H30N2O/c1-2-16(19)12-9-14(17-13-5-3-4-6-13)11-18(10-12)15-7-8-15/h12-17,19H,2-11H2,1H3. The summed E-state index contributed by atoms with van der Waals surface area (Å²) in [5, 5.41) is 14.1. The number of aliphatic hydroxyl groups is 1. The van der Waals surface area contributed by atoms with Crippen molar-refractivity contribution in [2.45, 2.75) is 82.5 Å². The Bertz CT molecular complexity index is 284. The minimum Gasteiger partial charge on any atom is -0.393 e. The van der Waals surface area contributed by atoms with Gasteiger partial charge < -0.3 is 10.4 Å². The second kappa shape index (κ2) is 6.11. The molecule has 0 amide bonds.